The molecule has 3 aliphatic rings. The first kappa shape index (κ1) is 26.0. The molecule has 2 aromatic carbocycles. The van der Waals surface area contributed by atoms with Crippen LogP contribution in [0.25, 0.3) is 5.57 Å². The molecule has 11 nitrogen and oxygen atoms in total. The Balaban J connectivity index is 1.35. The predicted molar refractivity (Wildman–Crippen MR) is 146 cm³/mol. The number of nitrogens with two attached hydrogens (primary N) is 1. The van der Waals surface area contributed by atoms with Gasteiger partial charge in [0.15, 0.2) is 0 Å². The van der Waals surface area contributed by atoms with Crippen LogP contribution in [-0.2, 0) is 32.8 Å². The largest absolute Gasteiger partial charge is 0.427 e. The van der Waals surface area contributed by atoms with Crippen molar-refractivity contribution in [1.29, 1.82) is 0 Å². The zero-order valence-corrected chi connectivity index (χ0v) is 21.8. The van der Waals surface area contributed by atoms with E-state index in [0.29, 0.717) is 24.2 Å². The van der Waals surface area contributed by atoms with Crippen molar-refractivity contribution in [3.05, 3.63) is 64.9 Å². The number of carbonyl (C=O) groups is 4. The molecule has 1 unspecified atom stereocenters. The third-order valence-corrected chi connectivity index (χ3v) is 7.42. The first-order valence-corrected chi connectivity index (χ1v) is 12.8. The van der Waals surface area contributed by atoms with E-state index >= 15 is 0 Å². The highest BCUT2D eigenvalue weighted by Gasteiger charge is 2.58. The number of rotatable bonds is 5. The molecular formula is C28H30N6O5. The Hall–Kier alpha value is -4.67. The van der Waals surface area contributed by atoms with Crippen LogP contribution in [0.15, 0.2) is 47.6 Å². The number of amides is 5. The minimum Gasteiger partial charge on any atom is -0.427 e. The Bertz CT molecular complexity index is 1430. The van der Waals surface area contributed by atoms with Gasteiger partial charge in [-0.2, -0.15) is 0 Å². The first-order valence-electron chi connectivity index (χ1n) is 12.8. The zero-order chi connectivity index (χ0) is 27.7. The highest BCUT2D eigenvalue weighted by Crippen LogP contribution is 2.46. The molecule has 1 saturated heterocycles. The number of anilines is 2. The van der Waals surface area contributed by atoms with Crippen LogP contribution >= 0.6 is 0 Å². The van der Waals surface area contributed by atoms with E-state index in [0.717, 1.165) is 45.7 Å². The highest BCUT2D eigenvalue weighted by molar-refractivity contribution is 6.10. The molecule has 11 heteroatoms. The summed E-state index contributed by atoms with van der Waals surface area (Å²) in [5.74, 6) is -0.908. The van der Waals surface area contributed by atoms with E-state index in [4.69, 9.17) is 10.5 Å². The van der Waals surface area contributed by atoms with E-state index in [1.165, 1.54) is 13.2 Å². The van der Waals surface area contributed by atoms with Crippen LogP contribution in [0.5, 0.6) is 0 Å². The average Bonchev–Trinajstić information content (AvgIpc) is 3.42. The average molecular weight is 531 g/mol. The van der Waals surface area contributed by atoms with Gasteiger partial charge < -0.3 is 26.0 Å². The van der Waals surface area contributed by atoms with E-state index in [1.54, 1.807) is 36.4 Å². The number of aliphatic imine (C=N–C) groups is 1. The quantitative estimate of drug-likeness (QED) is 0.507. The number of hydrogen-bond donors (Lipinski definition) is 3. The number of imide groups is 1. The van der Waals surface area contributed by atoms with E-state index in [-0.39, 0.29) is 18.4 Å². The van der Waals surface area contributed by atoms with Crippen molar-refractivity contribution in [3.63, 3.8) is 0 Å². The van der Waals surface area contributed by atoms with E-state index < -0.39 is 24.1 Å². The molecule has 2 aromatic rings. The summed E-state index contributed by atoms with van der Waals surface area (Å²) in [6.07, 6.45) is 4.62. The summed E-state index contributed by atoms with van der Waals surface area (Å²) in [4.78, 5) is 58.2. The topological polar surface area (TPSA) is 146 Å². The minimum atomic E-state index is -1.46. The van der Waals surface area contributed by atoms with Crippen LogP contribution in [0.3, 0.4) is 0 Å². The van der Waals surface area contributed by atoms with Gasteiger partial charge in [-0.05, 0) is 60.2 Å². The smallest absolute Gasteiger partial charge is 0.418 e. The van der Waals surface area contributed by atoms with E-state index in [9.17, 15) is 19.2 Å². The van der Waals surface area contributed by atoms with Crippen molar-refractivity contribution in [2.45, 2.75) is 31.3 Å². The summed E-state index contributed by atoms with van der Waals surface area (Å²) < 4.78 is 5.67. The molecule has 0 aromatic heterocycles. The summed E-state index contributed by atoms with van der Waals surface area (Å²) in [6, 6.07) is 10.5. The third-order valence-electron chi connectivity index (χ3n) is 7.42. The van der Waals surface area contributed by atoms with Gasteiger partial charge in [-0.3, -0.25) is 14.6 Å². The van der Waals surface area contributed by atoms with Crippen molar-refractivity contribution in [1.82, 2.24) is 10.2 Å². The van der Waals surface area contributed by atoms with Crippen LogP contribution in [0.1, 0.15) is 35.1 Å². The normalized spacial score (nSPS) is 20.3. The van der Waals surface area contributed by atoms with Crippen molar-refractivity contribution >= 4 is 47.1 Å². The van der Waals surface area contributed by atoms with Crippen molar-refractivity contribution in [2.75, 3.05) is 37.4 Å². The van der Waals surface area contributed by atoms with Gasteiger partial charge in [0.1, 0.15) is 6.54 Å². The second kappa shape index (κ2) is 10.2. The lowest BCUT2D eigenvalue weighted by Crippen LogP contribution is -2.46. The Kier molecular flexibility index (Phi) is 6.81. The molecule has 2 aliphatic heterocycles. The summed E-state index contributed by atoms with van der Waals surface area (Å²) in [5, 5.41) is 5.19. The molecule has 1 fully saturated rings. The maximum absolute atomic E-state index is 13.6. The SMILES string of the molecule is CN=CC(=CN)c1ccc2c(c1)CCCN2C(=O)CN1C(=O)OC2(CCc3cc(NC(=O)NC)ccc32)C1=O. The van der Waals surface area contributed by atoms with Gasteiger partial charge in [0.05, 0.1) is 0 Å². The number of urea groups is 1. The number of aryl methyl sites for hydroxylation is 2. The van der Waals surface area contributed by atoms with Gasteiger partial charge in [0.2, 0.25) is 11.5 Å². The molecule has 5 rings (SSSR count). The molecule has 4 N–H and O–H groups in total. The van der Waals surface area contributed by atoms with Gasteiger partial charge >= 0.3 is 12.1 Å². The third kappa shape index (κ3) is 4.49. The summed E-state index contributed by atoms with van der Waals surface area (Å²) in [7, 11) is 3.19. The number of hydrogen-bond acceptors (Lipinski definition) is 7. The Morgan fingerprint density at radius 3 is 2.72 bits per heavy atom. The lowest BCUT2D eigenvalue weighted by atomic mass is 9.94. The van der Waals surface area contributed by atoms with Gasteiger partial charge in [0, 0.05) is 62.0 Å². The second-order valence-corrected chi connectivity index (χ2v) is 9.66. The summed E-state index contributed by atoms with van der Waals surface area (Å²) >= 11 is 0. The molecule has 0 saturated carbocycles. The van der Waals surface area contributed by atoms with E-state index in [2.05, 4.69) is 15.6 Å². The van der Waals surface area contributed by atoms with Gasteiger partial charge in [-0.25, -0.2) is 14.5 Å². The Morgan fingerprint density at radius 2 is 1.97 bits per heavy atom. The van der Waals surface area contributed by atoms with Crippen LogP contribution in [-0.4, -0.2) is 62.2 Å². The summed E-state index contributed by atoms with van der Waals surface area (Å²) in [5.41, 5.74) is 9.63. The fourth-order valence-corrected chi connectivity index (χ4v) is 5.53. The predicted octanol–water partition coefficient (Wildman–Crippen LogP) is 2.54. The minimum absolute atomic E-state index is 0.272. The standard InChI is InChI=1S/C28H30N6O5/c1-30-15-20(14-29)17-5-8-23-19(12-17)4-3-11-33(23)24(35)16-34-25(36)28(39-27(34)38)10-9-18-13-21(6-7-22(18)28)32-26(37)31-2/h5-8,12-15H,3-4,9-11,16,29H2,1-2H3,(H2,31,32,37). The highest BCUT2D eigenvalue weighted by atomic mass is 16.6. The van der Waals surface area contributed by atoms with Crippen molar-refractivity contribution in [3.8, 4) is 0 Å². The monoisotopic (exact) mass is 530 g/mol. The maximum Gasteiger partial charge on any atom is 0.418 e. The number of ether oxygens (including phenoxy) is 1. The number of nitrogens with one attached hydrogen (secondary N) is 2. The van der Waals surface area contributed by atoms with E-state index in [1.807, 2.05) is 18.2 Å². The number of fused-ring (bicyclic) bond motifs is 3. The molecule has 202 valence electrons. The van der Waals surface area contributed by atoms with Gasteiger partial charge in [-0.1, -0.05) is 12.1 Å². The molecule has 1 atom stereocenters. The molecule has 5 amide bonds. The first-order chi connectivity index (χ1) is 18.8. The maximum atomic E-state index is 13.6. The van der Waals surface area contributed by atoms with Gasteiger partial charge in [0.25, 0.3) is 5.91 Å². The van der Waals surface area contributed by atoms with Crippen LogP contribution in [0.2, 0.25) is 0 Å². The van der Waals surface area contributed by atoms with Crippen LogP contribution in [0, 0.1) is 0 Å². The Labute approximate surface area is 225 Å². The number of nitrogens with zero attached hydrogens (tertiary/aromatic N) is 3. The number of allylic oxidation sites excluding steroid dienone is 1. The molecule has 1 spiro atoms. The zero-order valence-electron chi connectivity index (χ0n) is 21.8. The lowest BCUT2D eigenvalue weighted by Gasteiger charge is -2.31. The molecule has 39 heavy (non-hydrogen) atoms. The fraction of sp³-hybridized carbons (Fsp3) is 0.321. The van der Waals surface area contributed by atoms with Gasteiger partial charge in [-0.15, -0.1) is 0 Å². The number of carbonyl (C=O) groups excluding carboxylic acids is 4. The summed E-state index contributed by atoms with van der Waals surface area (Å²) in [6.45, 7) is 0.0655. The van der Waals surface area contributed by atoms with Crippen LogP contribution < -0.4 is 21.3 Å². The Morgan fingerprint density at radius 1 is 1.15 bits per heavy atom. The second-order valence-electron chi connectivity index (χ2n) is 9.66. The molecular weight excluding hydrogens is 500 g/mol. The fourth-order valence-electron chi connectivity index (χ4n) is 5.53. The van der Waals surface area contributed by atoms with Crippen molar-refractivity contribution in [2.24, 2.45) is 10.7 Å². The van der Waals surface area contributed by atoms with Crippen molar-refractivity contribution < 1.29 is 23.9 Å². The number of benzene rings is 2. The molecule has 0 bridgehead atoms. The molecule has 2 heterocycles. The molecule has 1 aliphatic carbocycles. The lowest BCUT2D eigenvalue weighted by molar-refractivity contribution is -0.139. The van der Waals surface area contributed by atoms with Crippen LogP contribution in [0.4, 0.5) is 21.0 Å². The molecule has 0 radical (unpaired) electrons.